The molecule has 1 aliphatic rings. The minimum Gasteiger partial charge on any atom is -0.493 e. The number of nitrogens with one attached hydrogen (secondary N) is 2. The molecule has 0 atom stereocenters. The summed E-state index contributed by atoms with van der Waals surface area (Å²) in [5, 5.41) is 8.22. The third-order valence-corrected chi connectivity index (χ3v) is 4.32. The second kappa shape index (κ2) is 11.3. The van der Waals surface area contributed by atoms with Gasteiger partial charge in [-0.15, -0.1) is 0 Å². The molecule has 1 saturated heterocycles. The van der Waals surface area contributed by atoms with Gasteiger partial charge in [0.05, 0.1) is 37.7 Å². The fourth-order valence-electron chi connectivity index (χ4n) is 2.52. The molecule has 0 unspecified atom stereocenters. The second-order valence-electron chi connectivity index (χ2n) is 6.28. The van der Waals surface area contributed by atoms with E-state index in [0.717, 1.165) is 45.0 Å². The average molecular weight is 415 g/mol. The molecule has 0 amide bonds. The molecule has 1 fully saturated rings. The van der Waals surface area contributed by atoms with Crippen molar-refractivity contribution in [1.82, 2.24) is 15.6 Å². The molecule has 150 valence electrons. The van der Waals surface area contributed by atoms with Crippen molar-refractivity contribution in [1.29, 1.82) is 0 Å². The van der Waals surface area contributed by atoms with Crippen molar-refractivity contribution in [2.75, 3.05) is 46.5 Å². The van der Waals surface area contributed by atoms with Crippen molar-refractivity contribution in [2.24, 2.45) is 5.10 Å². The summed E-state index contributed by atoms with van der Waals surface area (Å²) in [4.78, 5) is 2.33. The first-order valence-electron chi connectivity index (χ1n) is 8.90. The molecule has 2 rings (SSSR count). The van der Waals surface area contributed by atoms with E-state index in [1.165, 1.54) is 0 Å². The molecule has 1 aliphatic heterocycles. The van der Waals surface area contributed by atoms with Gasteiger partial charge in [-0.25, -0.2) is 0 Å². The maximum absolute atomic E-state index is 6.30. The Morgan fingerprint density at radius 1 is 1.41 bits per heavy atom. The highest BCUT2D eigenvalue weighted by molar-refractivity contribution is 7.80. The molecule has 0 aliphatic carbocycles. The highest BCUT2D eigenvalue weighted by atomic mass is 35.5. The fourth-order valence-corrected chi connectivity index (χ4v) is 2.94. The molecule has 1 heterocycles. The predicted molar refractivity (Wildman–Crippen MR) is 112 cm³/mol. The molecule has 1 aromatic rings. The van der Waals surface area contributed by atoms with Crippen molar-refractivity contribution in [2.45, 2.75) is 20.0 Å². The molecule has 1 aromatic carbocycles. The van der Waals surface area contributed by atoms with E-state index in [1.54, 1.807) is 19.4 Å². The largest absolute Gasteiger partial charge is 0.493 e. The molecule has 9 heteroatoms. The van der Waals surface area contributed by atoms with E-state index in [4.69, 9.17) is 38.0 Å². The van der Waals surface area contributed by atoms with Crippen molar-refractivity contribution in [3.63, 3.8) is 0 Å². The second-order valence-corrected chi connectivity index (χ2v) is 7.10. The van der Waals surface area contributed by atoms with Gasteiger partial charge in [-0.2, -0.15) is 5.10 Å². The van der Waals surface area contributed by atoms with Crippen LogP contribution >= 0.6 is 23.8 Å². The quantitative estimate of drug-likeness (QED) is 0.384. The topological polar surface area (TPSA) is 67.4 Å². The summed E-state index contributed by atoms with van der Waals surface area (Å²) < 4.78 is 16.4. The van der Waals surface area contributed by atoms with Crippen LogP contribution in [0.2, 0.25) is 5.02 Å². The number of rotatable bonds is 8. The summed E-state index contributed by atoms with van der Waals surface area (Å²) in [6, 6.07) is 3.57. The van der Waals surface area contributed by atoms with Gasteiger partial charge in [-0.1, -0.05) is 11.6 Å². The highest BCUT2D eigenvalue weighted by Crippen LogP contribution is 2.36. The van der Waals surface area contributed by atoms with Crippen LogP contribution in [0.5, 0.6) is 11.5 Å². The van der Waals surface area contributed by atoms with Gasteiger partial charge in [-0.3, -0.25) is 10.3 Å². The first kappa shape index (κ1) is 21.7. The van der Waals surface area contributed by atoms with Crippen LogP contribution in [0.1, 0.15) is 19.4 Å². The van der Waals surface area contributed by atoms with E-state index in [0.29, 0.717) is 21.6 Å². The molecule has 0 bridgehead atoms. The van der Waals surface area contributed by atoms with Gasteiger partial charge in [0.2, 0.25) is 0 Å². The first-order chi connectivity index (χ1) is 13.0. The monoisotopic (exact) mass is 414 g/mol. The number of thiocarbonyl (C=S) groups is 1. The van der Waals surface area contributed by atoms with Crippen molar-refractivity contribution >= 4 is 35.1 Å². The summed E-state index contributed by atoms with van der Waals surface area (Å²) in [6.45, 7) is 9.03. The molecule has 0 saturated carbocycles. The number of hydrogen-bond donors (Lipinski definition) is 2. The van der Waals surface area contributed by atoms with Gasteiger partial charge >= 0.3 is 0 Å². The van der Waals surface area contributed by atoms with E-state index in [9.17, 15) is 0 Å². The Bertz CT molecular complexity index is 652. The Morgan fingerprint density at radius 3 is 2.81 bits per heavy atom. The van der Waals surface area contributed by atoms with Crippen molar-refractivity contribution in [3.8, 4) is 11.5 Å². The van der Waals surface area contributed by atoms with Gasteiger partial charge in [0.1, 0.15) is 0 Å². The summed E-state index contributed by atoms with van der Waals surface area (Å²) >= 11 is 11.5. The zero-order chi connectivity index (χ0) is 19.6. The maximum atomic E-state index is 6.30. The molecule has 0 radical (unpaired) electrons. The Hall–Kier alpha value is -1.61. The van der Waals surface area contributed by atoms with Gasteiger partial charge in [0.15, 0.2) is 16.6 Å². The minimum absolute atomic E-state index is 0.00139. The van der Waals surface area contributed by atoms with Gasteiger partial charge in [0, 0.05) is 26.2 Å². The molecular weight excluding hydrogens is 388 g/mol. The van der Waals surface area contributed by atoms with E-state index in [1.807, 2.05) is 19.9 Å². The molecule has 27 heavy (non-hydrogen) atoms. The normalized spacial score (nSPS) is 15.1. The van der Waals surface area contributed by atoms with Crippen LogP contribution < -0.4 is 20.2 Å². The van der Waals surface area contributed by atoms with Crippen LogP contribution in [0.4, 0.5) is 0 Å². The van der Waals surface area contributed by atoms with E-state index >= 15 is 0 Å². The lowest BCUT2D eigenvalue weighted by Gasteiger charge is -2.26. The Kier molecular flexibility index (Phi) is 9.06. The predicted octanol–water partition coefficient (Wildman–Crippen LogP) is 2.27. The van der Waals surface area contributed by atoms with Crippen LogP contribution in [-0.4, -0.2) is 68.8 Å². The third-order valence-electron chi connectivity index (χ3n) is 3.80. The van der Waals surface area contributed by atoms with Crippen LogP contribution in [0.3, 0.4) is 0 Å². The van der Waals surface area contributed by atoms with Crippen molar-refractivity contribution in [3.05, 3.63) is 22.7 Å². The lowest BCUT2D eigenvalue weighted by Crippen LogP contribution is -2.42. The Labute approximate surface area is 171 Å². The van der Waals surface area contributed by atoms with Crippen LogP contribution in [0.25, 0.3) is 0 Å². The summed E-state index contributed by atoms with van der Waals surface area (Å²) in [5.74, 6) is 1.09. The van der Waals surface area contributed by atoms with E-state index < -0.39 is 0 Å². The SMILES string of the molecule is COc1cc(/C=N\NC(=S)NCCN2CCOCC2)cc(Cl)c1OC(C)C. The number of benzene rings is 1. The molecule has 2 N–H and O–H groups in total. The van der Waals surface area contributed by atoms with Crippen LogP contribution in [0.15, 0.2) is 17.2 Å². The van der Waals surface area contributed by atoms with E-state index in [-0.39, 0.29) is 6.10 Å². The van der Waals surface area contributed by atoms with Gasteiger partial charge < -0.3 is 19.5 Å². The zero-order valence-corrected chi connectivity index (χ0v) is 17.5. The lowest BCUT2D eigenvalue weighted by atomic mass is 10.2. The lowest BCUT2D eigenvalue weighted by molar-refractivity contribution is 0.0389. The van der Waals surface area contributed by atoms with Crippen molar-refractivity contribution < 1.29 is 14.2 Å². The Balaban J connectivity index is 1.82. The fraction of sp³-hybridized carbons (Fsp3) is 0.556. The number of halogens is 1. The maximum Gasteiger partial charge on any atom is 0.187 e. The molecule has 7 nitrogen and oxygen atoms in total. The van der Waals surface area contributed by atoms with Gasteiger partial charge in [0.25, 0.3) is 0 Å². The number of nitrogens with zero attached hydrogens (tertiary/aromatic N) is 2. The van der Waals surface area contributed by atoms with Crippen LogP contribution in [0, 0.1) is 0 Å². The van der Waals surface area contributed by atoms with Gasteiger partial charge in [-0.05, 0) is 43.8 Å². The first-order valence-corrected chi connectivity index (χ1v) is 9.69. The number of methoxy groups -OCH3 is 1. The molecule has 0 aromatic heterocycles. The molecule has 0 spiro atoms. The minimum atomic E-state index is -0.00139. The van der Waals surface area contributed by atoms with E-state index in [2.05, 4.69) is 20.7 Å². The third kappa shape index (κ3) is 7.50. The zero-order valence-electron chi connectivity index (χ0n) is 16.0. The number of hydrazone groups is 1. The Morgan fingerprint density at radius 2 is 2.15 bits per heavy atom. The average Bonchev–Trinajstić information content (AvgIpc) is 2.64. The number of ether oxygens (including phenoxy) is 3. The molecular formula is C18H27ClN4O3S. The number of morpholine rings is 1. The number of hydrogen-bond acceptors (Lipinski definition) is 6. The summed E-state index contributed by atoms with van der Waals surface area (Å²) in [7, 11) is 1.57. The smallest absolute Gasteiger partial charge is 0.187 e. The standard InChI is InChI=1S/C18H27ClN4O3S/c1-13(2)26-17-15(19)10-14(11-16(17)24-3)12-21-22-18(27)20-4-5-23-6-8-25-9-7-23/h10-13H,4-9H2,1-3H3,(H2,20,22,27)/b21-12-. The van der Waals surface area contributed by atoms with Crippen LogP contribution in [-0.2, 0) is 4.74 Å². The summed E-state index contributed by atoms with van der Waals surface area (Å²) in [5.41, 5.74) is 3.58. The summed E-state index contributed by atoms with van der Waals surface area (Å²) in [6.07, 6.45) is 1.63. The highest BCUT2D eigenvalue weighted by Gasteiger charge is 2.13.